The molecule has 1 aromatic carbocycles. The zero-order valence-electron chi connectivity index (χ0n) is 16.4. The van der Waals surface area contributed by atoms with Gasteiger partial charge in [0.2, 0.25) is 0 Å². The molecule has 2 atom stereocenters. The Bertz CT molecular complexity index is 1190. The number of anilines is 1. The predicted octanol–water partition coefficient (Wildman–Crippen LogP) is 3.56. The molecule has 2 aliphatic heterocycles. The molecule has 150 valence electrons. The summed E-state index contributed by atoms with van der Waals surface area (Å²) in [5.41, 5.74) is 3.38. The number of pyridine rings is 2. The van der Waals surface area contributed by atoms with Gasteiger partial charge < -0.3 is 10.2 Å². The molecule has 6 rings (SSSR count). The van der Waals surface area contributed by atoms with Crippen molar-refractivity contribution in [3.63, 3.8) is 0 Å². The van der Waals surface area contributed by atoms with Gasteiger partial charge in [0.1, 0.15) is 23.0 Å². The summed E-state index contributed by atoms with van der Waals surface area (Å²) < 4.78 is 15.5. The maximum atomic E-state index is 13.5. The molecule has 0 spiro atoms. The molecule has 4 aromatic rings. The van der Waals surface area contributed by atoms with Crippen LogP contribution in [0, 0.1) is 5.82 Å². The number of hydrogen-bond acceptors (Lipinski definition) is 5. The van der Waals surface area contributed by atoms with Gasteiger partial charge in [0, 0.05) is 43.1 Å². The first-order valence-corrected chi connectivity index (χ1v) is 10.3. The van der Waals surface area contributed by atoms with E-state index in [1.54, 1.807) is 24.5 Å². The van der Waals surface area contributed by atoms with Crippen molar-refractivity contribution in [3.05, 3.63) is 66.7 Å². The molecule has 2 saturated heterocycles. The number of imidazole rings is 1. The zero-order valence-corrected chi connectivity index (χ0v) is 16.4. The van der Waals surface area contributed by atoms with Crippen LogP contribution in [0.2, 0.25) is 0 Å². The summed E-state index contributed by atoms with van der Waals surface area (Å²) >= 11 is 0. The van der Waals surface area contributed by atoms with Crippen molar-refractivity contribution in [1.29, 1.82) is 0 Å². The number of rotatable bonds is 3. The minimum Gasteiger partial charge on any atom is -0.353 e. The monoisotopic (exact) mass is 400 g/mol. The lowest BCUT2D eigenvalue weighted by Crippen LogP contribution is -2.51. The summed E-state index contributed by atoms with van der Waals surface area (Å²) in [4.78, 5) is 16.4. The van der Waals surface area contributed by atoms with Gasteiger partial charge in [0.05, 0.1) is 5.69 Å². The molecule has 5 heterocycles. The van der Waals surface area contributed by atoms with Gasteiger partial charge in [-0.2, -0.15) is 0 Å². The second-order valence-electron chi connectivity index (χ2n) is 8.04. The highest BCUT2D eigenvalue weighted by Crippen LogP contribution is 2.30. The SMILES string of the molecule is Fc1ccc(-c2nc3ccc(N4CC5CCC(C4)N5)nc3n2-c2ccncc2)cc1. The molecule has 2 bridgehead atoms. The van der Waals surface area contributed by atoms with E-state index in [2.05, 4.69) is 21.3 Å². The minimum absolute atomic E-state index is 0.265. The summed E-state index contributed by atoms with van der Waals surface area (Å²) in [6, 6.07) is 15.5. The molecule has 30 heavy (non-hydrogen) atoms. The van der Waals surface area contributed by atoms with Gasteiger partial charge in [-0.1, -0.05) is 0 Å². The van der Waals surface area contributed by atoms with Gasteiger partial charge in [-0.15, -0.1) is 0 Å². The van der Waals surface area contributed by atoms with Crippen LogP contribution in [0.5, 0.6) is 0 Å². The average Bonchev–Trinajstić information content (AvgIpc) is 3.33. The highest BCUT2D eigenvalue weighted by Gasteiger charge is 2.33. The van der Waals surface area contributed by atoms with Crippen molar-refractivity contribution in [2.24, 2.45) is 0 Å². The van der Waals surface area contributed by atoms with Crippen molar-refractivity contribution in [2.75, 3.05) is 18.0 Å². The Morgan fingerprint density at radius 3 is 2.33 bits per heavy atom. The first-order chi connectivity index (χ1) is 14.7. The summed E-state index contributed by atoms with van der Waals surface area (Å²) in [6.45, 7) is 1.95. The van der Waals surface area contributed by atoms with Crippen molar-refractivity contribution in [2.45, 2.75) is 24.9 Å². The Hall–Kier alpha value is -3.32. The first kappa shape index (κ1) is 17.5. The molecule has 2 aliphatic rings. The standard InChI is InChI=1S/C23H21FN6/c24-16-3-1-15(2-4-16)22-27-20-7-8-21(29-13-17-5-6-18(14-29)26-17)28-23(20)30(22)19-9-11-25-12-10-19/h1-4,7-12,17-18,26H,5-6,13-14H2. The fourth-order valence-electron chi connectivity index (χ4n) is 4.64. The number of benzene rings is 1. The molecular formula is C23H21FN6. The molecule has 0 radical (unpaired) electrons. The van der Waals surface area contributed by atoms with Crippen LogP contribution in [0.1, 0.15) is 12.8 Å². The third-order valence-corrected chi connectivity index (χ3v) is 6.05. The van der Waals surface area contributed by atoms with E-state index in [1.165, 1.54) is 25.0 Å². The molecular weight excluding hydrogens is 379 g/mol. The Kier molecular flexibility index (Phi) is 4.02. The molecule has 1 N–H and O–H groups in total. The first-order valence-electron chi connectivity index (χ1n) is 10.3. The van der Waals surface area contributed by atoms with Crippen molar-refractivity contribution in [1.82, 2.24) is 24.8 Å². The fraction of sp³-hybridized carbons (Fsp3) is 0.261. The summed E-state index contributed by atoms with van der Waals surface area (Å²) in [6.07, 6.45) is 5.97. The summed E-state index contributed by atoms with van der Waals surface area (Å²) in [7, 11) is 0. The summed E-state index contributed by atoms with van der Waals surface area (Å²) in [5, 5.41) is 3.67. The normalized spacial score (nSPS) is 20.8. The molecule has 0 aliphatic carbocycles. The largest absolute Gasteiger partial charge is 0.353 e. The van der Waals surface area contributed by atoms with Crippen molar-refractivity contribution in [3.8, 4) is 17.1 Å². The second kappa shape index (κ2) is 6.88. The Balaban J connectivity index is 1.52. The highest BCUT2D eigenvalue weighted by atomic mass is 19.1. The quantitative estimate of drug-likeness (QED) is 0.570. The van der Waals surface area contributed by atoms with Crippen LogP contribution in [0.3, 0.4) is 0 Å². The highest BCUT2D eigenvalue weighted by molar-refractivity contribution is 5.81. The third kappa shape index (κ3) is 2.93. The lowest BCUT2D eigenvalue weighted by Gasteiger charge is -2.33. The molecule has 7 heteroatoms. The lowest BCUT2D eigenvalue weighted by molar-refractivity contribution is 0.463. The van der Waals surface area contributed by atoms with E-state index < -0.39 is 0 Å². The van der Waals surface area contributed by atoms with Gasteiger partial charge in [-0.3, -0.25) is 9.55 Å². The van der Waals surface area contributed by atoms with Crippen LogP contribution >= 0.6 is 0 Å². The van der Waals surface area contributed by atoms with Crippen molar-refractivity contribution < 1.29 is 4.39 Å². The Labute approximate surface area is 173 Å². The average molecular weight is 400 g/mol. The maximum Gasteiger partial charge on any atom is 0.167 e. The number of nitrogens with one attached hydrogen (secondary N) is 1. The van der Waals surface area contributed by atoms with Crippen LogP contribution in [0.25, 0.3) is 28.2 Å². The molecule has 0 amide bonds. The van der Waals surface area contributed by atoms with E-state index in [-0.39, 0.29) is 5.82 Å². The van der Waals surface area contributed by atoms with E-state index in [1.807, 2.05) is 22.8 Å². The third-order valence-electron chi connectivity index (χ3n) is 6.05. The second-order valence-corrected chi connectivity index (χ2v) is 8.04. The van der Waals surface area contributed by atoms with Gasteiger partial charge in [-0.25, -0.2) is 14.4 Å². The smallest absolute Gasteiger partial charge is 0.167 e. The van der Waals surface area contributed by atoms with Crippen LogP contribution < -0.4 is 10.2 Å². The Morgan fingerprint density at radius 1 is 0.867 bits per heavy atom. The van der Waals surface area contributed by atoms with Gasteiger partial charge >= 0.3 is 0 Å². The van der Waals surface area contributed by atoms with E-state index >= 15 is 0 Å². The van der Waals surface area contributed by atoms with Crippen LogP contribution in [-0.4, -0.2) is 44.7 Å². The number of fused-ring (bicyclic) bond motifs is 3. The predicted molar refractivity (Wildman–Crippen MR) is 114 cm³/mol. The maximum absolute atomic E-state index is 13.5. The lowest BCUT2D eigenvalue weighted by atomic mass is 10.2. The molecule has 6 nitrogen and oxygen atoms in total. The molecule has 2 fully saturated rings. The van der Waals surface area contributed by atoms with Crippen LogP contribution in [0.15, 0.2) is 60.9 Å². The number of piperazine rings is 1. The van der Waals surface area contributed by atoms with Crippen LogP contribution in [-0.2, 0) is 0 Å². The van der Waals surface area contributed by atoms with Crippen molar-refractivity contribution >= 4 is 17.0 Å². The number of nitrogens with zero attached hydrogens (tertiary/aromatic N) is 5. The molecule has 3 aromatic heterocycles. The van der Waals surface area contributed by atoms with E-state index in [0.717, 1.165) is 47.1 Å². The zero-order chi connectivity index (χ0) is 20.1. The Morgan fingerprint density at radius 2 is 1.60 bits per heavy atom. The number of hydrogen-bond donors (Lipinski definition) is 1. The summed E-state index contributed by atoms with van der Waals surface area (Å²) in [5.74, 6) is 1.45. The van der Waals surface area contributed by atoms with Gasteiger partial charge in [0.25, 0.3) is 0 Å². The van der Waals surface area contributed by atoms with Gasteiger partial charge in [0.15, 0.2) is 5.65 Å². The molecule has 2 unspecified atom stereocenters. The number of halogens is 1. The van der Waals surface area contributed by atoms with E-state index in [9.17, 15) is 4.39 Å². The topological polar surface area (TPSA) is 58.9 Å². The van der Waals surface area contributed by atoms with E-state index in [4.69, 9.17) is 9.97 Å². The fourth-order valence-corrected chi connectivity index (χ4v) is 4.64. The number of aromatic nitrogens is 4. The minimum atomic E-state index is -0.265. The van der Waals surface area contributed by atoms with Crippen LogP contribution in [0.4, 0.5) is 10.2 Å². The van der Waals surface area contributed by atoms with E-state index in [0.29, 0.717) is 12.1 Å². The van der Waals surface area contributed by atoms with Gasteiger partial charge in [-0.05, 0) is 61.4 Å². The molecule has 0 saturated carbocycles.